The minimum atomic E-state index is -0.578. The van der Waals surface area contributed by atoms with Gasteiger partial charge < -0.3 is 15.0 Å². The first-order valence-corrected chi connectivity index (χ1v) is 10.00. The summed E-state index contributed by atoms with van der Waals surface area (Å²) in [6, 6.07) is 13.8. The van der Waals surface area contributed by atoms with Crippen molar-refractivity contribution in [3.8, 4) is 5.75 Å². The van der Waals surface area contributed by atoms with Gasteiger partial charge in [-0.25, -0.2) is 0 Å². The number of nitrogens with zero attached hydrogens (tertiary/aromatic N) is 1. The summed E-state index contributed by atoms with van der Waals surface area (Å²) in [5.41, 5.74) is 2.49. The normalized spacial score (nSPS) is 18.9. The van der Waals surface area contributed by atoms with Crippen molar-refractivity contribution in [1.29, 1.82) is 0 Å². The molecule has 0 saturated carbocycles. The van der Waals surface area contributed by atoms with Crippen LogP contribution in [0.3, 0.4) is 0 Å². The molecule has 2 N–H and O–H groups in total. The Morgan fingerprint density at radius 1 is 1.15 bits per heavy atom. The van der Waals surface area contributed by atoms with Crippen molar-refractivity contribution in [2.24, 2.45) is 0 Å². The highest BCUT2D eigenvalue weighted by molar-refractivity contribution is 9.10. The van der Waals surface area contributed by atoms with Gasteiger partial charge in [0.2, 0.25) is 0 Å². The number of hydrogen-bond donors (Lipinski definition) is 2. The second-order valence-electron chi connectivity index (χ2n) is 7.33. The van der Waals surface area contributed by atoms with Crippen molar-refractivity contribution >= 4 is 32.7 Å². The number of aromatic nitrogens is 1. The molecule has 1 saturated heterocycles. The maximum absolute atomic E-state index is 12.5. The van der Waals surface area contributed by atoms with Gasteiger partial charge in [-0.2, -0.15) is 0 Å². The van der Waals surface area contributed by atoms with Gasteiger partial charge in [-0.1, -0.05) is 28.1 Å². The molecule has 3 heterocycles. The number of piperidine rings is 1. The first-order chi connectivity index (χ1) is 13.1. The number of likely N-dealkylation sites (tertiary alicyclic amines) is 1. The van der Waals surface area contributed by atoms with Gasteiger partial charge in [0, 0.05) is 54.0 Å². The topological polar surface area (TPSA) is 57.4 Å². The van der Waals surface area contributed by atoms with Gasteiger partial charge in [-0.3, -0.25) is 9.69 Å². The molecule has 0 radical (unpaired) electrons. The number of carbonyl (C=O) groups excluding carboxylic acids is 1. The molecule has 138 valence electrons. The van der Waals surface area contributed by atoms with Crippen LogP contribution in [0, 0.1) is 0 Å². The minimum Gasteiger partial charge on any atom is -0.467 e. The number of halogens is 1. The zero-order chi connectivity index (χ0) is 18.4. The number of benzene rings is 2. The second-order valence-corrected chi connectivity index (χ2v) is 8.24. The number of nitrogens with one attached hydrogen (secondary N) is 2. The fourth-order valence-corrected chi connectivity index (χ4v) is 4.44. The molecular formula is C21H20BrN3O2. The predicted octanol–water partition coefficient (Wildman–Crippen LogP) is 4.04. The Hall–Kier alpha value is -2.31. The van der Waals surface area contributed by atoms with Crippen LogP contribution in [-0.2, 0) is 6.54 Å². The maximum Gasteiger partial charge on any atom is 0.258 e. The Balaban J connectivity index is 1.30. The zero-order valence-corrected chi connectivity index (χ0v) is 16.4. The lowest BCUT2D eigenvalue weighted by Gasteiger charge is -2.44. The Morgan fingerprint density at radius 3 is 2.81 bits per heavy atom. The Bertz CT molecular complexity index is 1020. The number of H-pyrrole nitrogens is 1. The van der Waals surface area contributed by atoms with Gasteiger partial charge in [-0.05, 0) is 35.9 Å². The lowest BCUT2D eigenvalue weighted by Crippen LogP contribution is -2.60. The van der Waals surface area contributed by atoms with Crippen LogP contribution in [0.5, 0.6) is 5.75 Å². The Morgan fingerprint density at radius 2 is 1.96 bits per heavy atom. The van der Waals surface area contributed by atoms with Crippen LogP contribution >= 0.6 is 15.9 Å². The second kappa shape index (κ2) is 6.39. The van der Waals surface area contributed by atoms with Gasteiger partial charge >= 0.3 is 0 Å². The summed E-state index contributed by atoms with van der Waals surface area (Å²) >= 11 is 3.56. The zero-order valence-electron chi connectivity index (χ0n) is 14.8. The van der Waals surface area contributed by atoms with E-state index >= 15 is 0 Å². The van der Waals surface area contributed by atoms with E-state index in [1.54, 1.807) is 0 Å². The van der Waals surface area contributed by atoms with Crippen molar-refractivity contribution in [2.75, 3.05) is 13.1 Å². The van der Waals surface area contributed by atoms with Crippen molar-refractivity contribution < 1.29 is 9.53 Å². The molecule has 27 heavy (non-hydrogen) atoms. The molecular weight excluding hydrogens is 406 g/mol. The average Bonchev–Trinajstić information content (AvgIpc) is 3.06. The highest BCUT2D eigenvalue weighted by Gasteiger charge is 2.42. The molecule has 5 rings (SSSR count). The third kappa shape index (κ3) is 3.03. The molecule has 0 aliphatic carbocycles. The number of amides is 1. The first kappa shape index (κ1) is 16.8. The molecule has 2 aliphatic rings. The number of fused-ring (bicyclic) bond motifs is 2. The fourth-order valence-electron chi connectivity index (χ4n) is 4.08. The number of hydrogen-bond acceptors (Lipinski definition) is 3. The third-order valence-corrected chi connectivity index (χ3v) is 6.06. The lowest BCUT2D eigenvalue weighted by molar-refractivity contribution is -0.0303. The molecule has 0 unspecified atom stereocenters. The predicted molar refractivity (Wildman–Crippen MR) is 108 cm³/mol. The SMILES string of the molecule is O=C1NC2(CCN(Cc3c[nH]c4ccc(Br)cc34)CC2)Oc2ccccc21. The van der Waals surface area contributed by atoms with E-state index in [0.29, 0.717) is 11.3 Å². The van der Waals surface area contributed by atoms with E-state index in [4.69, 9.17) is 4.74 Å². The average molecular weight is 426 g/mol. The van der Waals surface area contributed by atoms with Gasteiger partial charge in [0.05, 0.1) is 5.56 Å². The van der Waals surface area contributed by atoms with Crippen LogP contribution in [0.4, 0.5) is 0 Å². The highest BCUT2D eigenvalue weighted by Crippen LogP contribution is 2.34. The molecule has 0 bridgehead atoms. The first-order valence-electron chi connectivity index (χ1n) is 9.20. The monoisotopic (exact) mass is 425 g/mol. The van der Waals surface area contributed by atoms with Gasteiger partial charge in [-0.15, -0.1) is 0 Å². The maximum atomic E-state index is 12.5. The van der Waals surface area contributed by atoms with Gasteiger partial charge in [0.15, 0.2) is 5.72 Å². The van der Waals surface area contributed by atoms with Gasteiger partial charge in [0.25, 0.3) is 5.91 Å². The molecule has 5 nitrogen and oxygen atoms in total. The fraction of sp³-hybridized carbons (Fsp3) is 0.286. The molecule has 6 heteroatoms. The summed E-state index contributed by atoms with van der Waals surface area (Å²) in [5, 5.41) is 4.35. The molecule has 0 atom stereocenters. The molecule has 3 aromatic rings. The van der Waals surface area contributed by atoms with Gasteiger partial charge in [0.1, 0.15) is 5.75 Å². The van der Waals surface area contributed by atoms with Crippen molar-refractivity contribution in [3.63, 3.8) is 0 Å². The van der Waals surface area contributed by atoms with E-state index in [0.717, 1.165) is 42.5 Å². The number of ether oxygens (including phenoxy) is 1. The lowest BCUT2D eigenvalue weighted by atomic mass is 9.96. The minimum absolute atomic E-state index is 0.0354. The summed E-state index contributed by atoms with van der Waals surface area (Å²) in [7, 11) is 0. The molecule has 1 aromatic heterocycles. The van der Waals surface area contributed by atoms with E-state index in [1.807, 2.05) is 30.3 Å². The van der Waals surface area contributed by atoms with Crippen molar-refractivity contribution in [1.82, 2.24) is 15.2 Å². The van der Waals surface area contributed by atoms with Crippen LogP contribution in [0.2, 0.25) is 0 Å². The number of aromatic amines is 1. The summed E-state index contributed by atoms with van der Waals surface area (Å²) < 4.78 is 7.32. The van der Waals surface area contributed by atoms with E-state index in [2.05, 4.69) is 49.5 Å². The summed E-state index contributed by atoms with van der Waals surface area (Å²) in [4.78, 5) is 18.2. The molecule has 2 aliphatic heterocycles. The Labute approximate surface area is 165 Å². The summed E-state index contributed by atoms with van der Waals surface area (Å²) in [6.07, 6.45) is 3.65. The van der Waals surface area contributed by atoms with Crippen LogP contribution in [0.15, 0.2) is 53.1 Å². The number of rotatable bonds is 2. The quantitative estimate of drug-likeness (QED) is 0.650. The number of para-hydroxylation sites is 1. The highest BCUT2D eigenvalue weighted by atomic mass is 79.9. The molecule has 1 amide bonds. The molecule has 1 spiro atoms. The van der Waals surface area contributed by atoms with E-state index in [9.17, 15) is 4.79 Å². The van der Waals surface area contributed by atoms with Crippen molar-refractivity contribution in [3.05, 3.63) is 64.3 Å². The molecule has 1 fully saturated rings. The van der Waals surface area contributed by atoms with Crippen LogP contribution in [0.25, 0.3) is 10.9 Å². The standard InChI is InChI=1S/C21H20BrN3O2/c22-15-5-6-18-17(11-15)14(12-23-18)13-25-9-7-21(8-10-25)24-20(26)16-3-1-2-4-19(16)27-21/h1-6,11-12,23H,7-10,13H2,(H,24,26). The van der Waals surface area contributed by atoms with E-state index in [-0.39, 0.29) is 5.91 Å². The Kier molecular flexibility index (Phi) is 3.98. The summed E-state index contributed by atoms with van der Waals surface area (Å²) in [5.74, 6) is 0.656. The third-order valence-electron chi connectivity index (χ3n) is 5.57. The largest absolute Gasteiger partial charge is 0.467 e. The smallest absolute Gasteiger partial charge is 0.258 e. The molecule has 2 aromatic carbocycles. The van der Waals surface area contributed by atoms with Crippen LogP contribution < -0.4 is 10.1 Å². The summed E-state index contributed by atoms with van der Waals surface area (Å²) in [6.45, 7) is 2.64. The van der Waals surface area contributed by atoms with Crippen LogP contribution in [-0.4, -0.2) is 34.6 Å². The van der Waals surface area contributed by atoms with Crippen LogP contribution in [0.1, 0.15) is 28.8 Å². The van der Waals surface area contributed by atoms with E-state index < -0.39 is 5.72 Å². The number of carbonyl (C=O) groups is 1. The van der Waals surface area contributed by atoms with E-state index in [1.165, 1.54) is 10.9 Å². The van der Waals surface area contributed by atoms with Crippen molar-refractivity contribution in [2.45, 2.75) is 25.1 Å².